The van der Waals surface area contributed by atoms with Crippen molar-refractivity contribution in [1.82, 2.24) is 0 Å². The van der Waals surface area contributed by atoms with Gasteiger partial charge in [-0.05, 0) is 0 Å². The molecule has 1 rings (SSSR count). The van der Waals surface area contributed by atoms with Gasteiger partial charge in [0.05, 0.1) is 6.61 Å². The third-order valence-electron chi connectivity index (χ3n) is 2.37. The fourth-order valence-corrected chi connectivity index (χ4v) is 1.44. The van der Waals surface area contributed by atoms with Crippen LogP contribution < -0.4 is 5.73 Å². The summed E-state index contributed by atoms with van der Waals surface area (Å²) in [6.07, 6.45) is -3.24. The minimum absolute atomic E-state index is 0.0818. The van der Waals surface area contributed by atoms with Crippen LogP contribution in [-0.4, -0.2) is 59.7 Å². The Labute approximate surface area is 75.9 Å². The van der Waals surface area contributed by atoms with Gasteiger partial charge < -0.3 is 30.5 Å². The Hall–Kier alpha value is -0.240. The van der Waals surface area contributed by atoms with Crippen LogP contribution >= 0.6 is 0 Å². The van der Waals surface area contributed by atoms with Gasteiger partial charge in [-0.2, -0.15) is 0 Å². The summed E-state index contributed by atoms with van der Waals surface area (Å²) in [5.74, 6) is 0. The van der Waals surface area contributed by atoms with Crippen molar-refractivity contribution in [2.45, 2.75) is 24.1 Å². The van der Waals surface area contributed by atoms with Crippen LogP contribution in [0.25, 0.3) is 0 Å². The third kappa shape index (κ3) is 1.56. The van der Waals surface area contributed by atoms with Crippen LogP contribution in [0.4, 0.5) is 0 Å². The number of hydrogen-bond donors (Lipinski definition) is 4. The fourth-order valence-electron chi connectivity index (χ4n) is 1.44. The Morgan fingerprint density at radius 2 is 2.15 bits per heavy atom. The number of aliphatic hydroxyl groups is 3. The molecule has 78 valence electrons. The van der Waals surface area contributed by atoms with Crippen LogP contribution in [0.5, 0.6) is 0 Å². The number of hydrogen-bond acceptors (Lipinski definition) is 6. The highest BCUT2D eigenvalue weighted by Crippen LogP contribution is 2.30. The van der Waals surface area contributed by atoms with Gasteiger partial charge >= 0.3 is 0 Å². The molecule has 1 fully saturated rings. The molecular weight excluding hydrogens is 178 g/mol. The van der Waals surface area contributed by atoms with Crippen molar-refractivity contribution in [3.8, 4) is 0 Å². The zero-order chi connectivity index (χ0) is 10.1. The van der Waals surface area contributed by atoms with Crippen molar-refractivity contribution in [3.05, 3.63) is 0 Å². The van der Waals surface area contributed by atoms with E-state index in [1.165, 1.54) is 7.11 Å². The Balaban J connectivity index is 2.80. The van der Waals surface area contributed by atoms with Crippen molar-refractivity contribution in [1.29, 1.82) is 0 Å². The van der Waals surface area contributed by atoms with Gasteiger partial charge in [-0.15, -0.1) is 0 Å². The molecule has 6 nitrogen and oxygen atoms in total. The molecule has 0 aromatic rings. The second-order valence-electron chi connectivity index (χ2n) is 3.08. The molecule has 0 bridgehead atoms. The van der Waals surface area contributed by atoms with E-state index in [4.69, 9.17) is 20.3 Å². The fraction of sp³-hybridized carbons (Fsp3) is 1.00. The lowest BCUT2D eigenvalue weighted by molar-refractivity contribution is -0.172. The summed E-state index contributed by atoms with van der Waals surface area (Å²) in [7, 11) is 1.34. The molecule has 0 radical (unpaired) electrons. The van der Waals surface area contributed by atoms with E-state index < -0.39 is 30.7 Å². The zero-order valence-electron chi connectivity index (χ0n) is 7.38. The van der Waals surface area contributed by atoms with Crippen molar-refractivity contribution in [3.63, 3.8) is 0 Å². The lowest BCUT2D eigenvalue weighted by atomic mass is 9.96. The SMILES string of the molecule is COC1C(O)[C@@](CN)(CO)O[C@H]1O. The number of methoxy groups -OCH3 is 1. The summed E-state index contributed by atoms with van der Waals surface area (Å²) < 4.78 is 9.77. The molecular formula is C7H15NO5. The van der Waals surface area contributed by atoms with Gasteiger partial charge in [0, 0.05) is 13.7 Å². The number of ether oxygens (including phenoxy) is 2. The van der Waals surface area contributed by atoms with Crippen LogP contribution in [0.3, 0.4) is 0 Å². The molecule has 6 heteroatoms. The lowest BCUT2D eigenvalue weighted by Gasteiger charge is -2.27. The Morgan fingerprint density at radius 1 is 1.54 bits per heavy atom. The van der Waals surface area contributed by atoms with E-state index in [0.717, 1.165) is 0 Å². The monoisotopic (exact) mass is 193 g/mol. The second kappa shape index (κ2) is 3.87. The maximum atomic E-state index is 9.62. The topological polar surface area (TPSA) is 105 Å². The first-order chi connectivity index (χ1) is 6.11. The van der Waals surface area contributed by atoms with E-state index in [2.05, 4.69) is 0 Å². The van der Waals surface area contributed by atoms with Gasteiger partial charge in [0.15, 0.2) is 6.29 Å². The van der Waals surface area contributed by atoms with Crippen LogP contribution in [0.15, 0.2) is 0 Å². The minimum Gasteiger partial charge on any atom is -0.393 e. The van der Waals surface area contributed by atoms with E-state index >= 15 is 0 Å². The minimum atomic E-state index is -1.31. The molecule has 1 aliphatic heterocycles. The molecule has 0 spiro atoms. The summed E-state index contributed by atoms with van der Waals surface area (Å²) in [5.41, 5.74) is 4.03. The molecule has 0 saturated carbocycles. The highest BCUT2D eigenvalue weighted by atomic mass is 16.7. The summed E-state index contributed by atoms with van der Waals surface area (Å²) in [6.45, 7) is -0.539. The summed E-state index contributed by atoms with van der Waals surface area (Å²) >= 11 is 0. The number of nitrogens with two attached hydrogens (primary N) is 1. The average Bonchev–Trinajstić information content (AvgIpc) is 2.38. The van der Waals surface area contributed by atoms with E-state index in [9.17, 15) is 10.2 Å². The Kier molecular flexibility index (Phi) is 3.23. The molecule has 1 aliphatic rings. The quantitative estimate of drug-likeness (QED) is 0.392. The van der Waals surface area contributed by atoms with Crippen LogP contribution in [-0.2, 0) is 9.47 Å². The smallest absolute Gasteiger partial charge is 0.184 e. The van der Waals surface area contributed by atoms with E-state index in [0.29, 0.717) is 0 Å². The predicted molar refractivity (Wildman–Crippen MR) is 42.8 cm³/mol. The molecule has 0 aliphatic carbocycles. The van der Waals surface area contributed by atoms with Gasteiger partial charge in [0.1, 0.15) is 17.8 Å². The molecule has 1 heterocycles. The summed E-state index contributed by atoms with van der Waals surface area (Å²) in [5, 5.41) is 27.9. The first-order valence-corrected chi connectivity index (χ1v) is 3.99. The van der Waals surface area contributed by atoms with Crippen molar-refractivity contribution in [2.75, 3.05) is 20.3 Å². The maximum absolute atomic E-state index is 9.62. The van der Waals surface area contributed by atoms with E-state index in [-0.39, 0.29) is 6.54 Å². The molecule has 1 saturated heterocycles. The Bertz CT molecular complexity index is 172. The van der Waals surface area contributed by atoms with E-state index in [1.807, 2.05) is 0 Å². The molecule has 5 N–H and O–H groups in total. The number of rotatable bonds is 3. The van der Waals surface area contributed by atoms with Gasteiger partial charge in [-0.25, -0.2) is 0 Å². The van der Waals surface area contributed by atoms with Crippen molar-refractivity contribution in [2.24, 2.45) is 5.73 Å². The van der Waals surface area contributed by atoms with E-state index in [1.54, 1.807) is 0 Å². The molecule has 0 amide bonds. The van der Waals surface area contributed by atoms with Gasteiger partial charge in [-0.1, -0.05) is 0 Å². The first kappa shape index (κ1) is 10.8. The normalized spacial score (nSPS) is 45.5. The highest BCUT2D eigenvalue weighted by Gasteiger charge is 2.53. The van der Waals surface area contributed by atoms with Crippen LogP contribution in [0.1, 0.15) is 0 Å². The molecule has 0 aromatic carbocycles. The average molecular weight is 193 g/mol. The standard InChI is InChI=1S/C7H15NO5/c1-12-4-5(10)7(2-8,3-9)13-6(4)11/h4-6,9-11H,2-3,8H2,1H3/t4?,5?,6-,7-/m1/s1. The van der Waals surface area contributed by atoms with Gasteiger partial charge in [0.2, 0.25) is 0 Å². The van der Waals surface area contributed by atoms with Crippen LogP contribution in [0, 0.1) is 0 Å². The van der Waals surface area contributed by atoms with Gasteiger partial charge in [0.25, 0.3) is 0 Å². The van der Waals surface area contributed by atoms with Crippen molar-refractivity contribution < 1.29 is 24.8 Å². The summed E-state index contributed by atoms with van der Waals surface area (Å²) in [4.78, 5) is 0. The van der Waals surface area contributed by atoms with Gasteiger partial charge in [-0.3, -0.25) is 0 Å². The largest absolute Gasteiger partial charge is 0.393 e. The van der Waals surface area contributed by atoms with Crippen LogP contribution in [0.2, 0.25) is 0 Å². The second-order valence-corrected chi connectivity index (χ2v) is 3.08. The first-order valence-electron chi connectivity index (χ1n) is 3.99. The number of aliphatic hydroxyl groups excluding tert-OH is 3. The highest BCUT2D eigenvalue weighted by molar-refractivity contribution is 5.00. The molecule has 2 unspecified atom stereocenters. The van der Waals surface area contributed by atoms with Crippen molar-refractivity contribution >= 4 is 0 Å². The Morgan fingerprint density at radius 3 is 2.38 bits per heavy atom. The molecule has 13 heavy (non-hydrogen) atoms. The summed E-state index contributed by atoms with van der Waals surface area (Å²) in [6, 6.07) is 0. The zero-order valence-corrected chi connectivity index (χ0v) is 7.38. The molecule has 4 atom stereocenters. The lowest BCUT2D eigenvalue weighted by Crippen LogP contribution is -2.52. The third-order valence-corrected chi connectivity index (χ3v) is 2.37. The maximum Gasteiger partial charge on any atom is 0.184 e. The predicted octanol–water partition coefficient (Wildman–Crippen LogP) is -2.60. The molecule has 0 aromatic heterocycles.